The van der Waals surface area contributed by atoms with Crippen molar-refractivity contribution in [2.45, 2.75) is 53.2 Å². The Labute approximate surface area is 267 Å². The smallest absolute Gasteiger partial charge is 0.255 e. The number of fused-ring (bicyclic) bond motifs is 1. The molecular formula is C32H32I2N2O3S. The third-order valence-electron chi connectivity index (χ3n) is 7.28. The standard InChI is InChI=1S/C32H32I2N2O3S/c1-32(2,3)22-11-12-24-27(16-22)40-31(28(24)30(37)35-18-23-10-7-13-38-23)36-17-21-14-25(33)29(26(34)15-21)39-19-20-8-5-4-6-9-20/h4-10,13-15,17,22H,11-12,16,18-19H2,1-3H3,(H,35,37)/t22-/m1/s1. The van der Waals surface area contributed by atoms with Gasteiger partial charge in [0.1, 0.15) is 23.1 Å². The maximum absolute atomic E-state index is 13.5. The minimum Gasteiger partial charge on any atom is -0.487 e. The van der Waals surface area contributed by atoms with Crippen molar-refractivity contribution in [3.8, 4) is 5.75 Å². The first-order valence-electron chi connectivity index (χ1n) is 13.3. The fraction of sp³-hybridized carbons (Fsp3) is 0.312. The van der Waals surface area contributed by atoms with Gasteiger partial charge in [-0.1, -0.05) is 51.1 Å². The van der Waals surface area contributed by atoms with Crippen LogP contribution in [0, 0.1) is 18.5 Å². The van der Waals surface area contributed by atoms with Crippen molar-refractivity contribution in [3.05, 3.63) is 101 Å². The van der Waals surface area contributed by atoms with Crippen LogP contribution in [0.4, 0.5) is 5.00 Å². The van der Waals surface area contributed by atoms with E-state index < -0.39 is 0 Å². The lowest BCUT2D eigenvalue weighted by Gasteiger charge is -2.33. The van der Waals surface area contributed by atoms with Crippen LogP contribution in [0.1, 0.15) is 64.9 Å². The number of benzene rings is 2. The highest BCUT2D eigenvalue weighted by molar-refractivity contribution is 14.1. The van der Waals surface area contributed by atoms with Crippen molar-refractivity contribution in [1.82, 2.24) is 5.32 Å². The molecule has 2 aromatic heterocycles. The fourth-order valence-corrected chi connectivity index (χ4v) is 8.36. The molecule has 1 aliphatic rings. The summed E-state index contributed by atoms with van der Waals surface area (Å²) in [4.78, 5) is 19.7. The van der Waals surface area contributed by atoms with Crippen LogP contribution >= 0.6 is 56.5 Å². The van der Waals surface area contributed by atoms with E-state index in [0.29, 0.717) is 24.6 Å². The van der Waals surface area contributed by atoms with E-state index >= 15 is 0 Å². The number of nitrogens with zero attached hydrogens (tertiary/aromatic N) is 1. The number of carbonyl (C=O) groups excluding carboxylic acids is 1. The zero-order chi connectivity index (χ0) is 28.3. The Morgan fingerprint density at radius 2 is 1.90 bits per heavy atom. The zero-order valence-corrected chi connectivity index (χ0v) is 27.9. The second kappa shape index (κ2) is 12.8. The van der Waals surface area contributed by atoms with E-state index in [1.807, 2.05) is 36.5 Å². The largest absolute Gasteiger partial charge is 0.487 e. The van der Waals surface area contributed by atoms with Gasteiger partial charge in [-0.15, -0.1) is 11.3 Å². The lowest BCUT2D eigenvalue weighted by Crippen LogP contribution is -2.28. The van der Waals surface area contributed by atoms with Crippen LogP contribution in [-0.4, -0.2) is 12.1 Å². The van der Waals surface area contributed by atoms with Gasteiger partial charge in [0.2, 0.25) is 0 Å². The molecule has 8 heteroatoms. The molecule has 40 heavy (non-hydrogen) atoms. The summed E-state index contributed by atoms with van der Waals surface area (Å²) < 4.78 is 13.6. The van der Waals surface area contributed by atoms with E-state index in [4.69, 9.17) is 14.1 Å². The van der Waals surface area contributed by atoms with E-state index in [-0.39, 0.29) is 11.3 Å². The van der Waals surface area contributed by atoms with Gasteiger partial charge in [-0.3, -0.25) is 4.79 Å². The van der Waals surface area contributed by atoms with Gasteiger partial charge in [0.15, 0.2) is 0 Å². The molecule has 0 spiro atoms. The Morgan fingerprint density at radius 1 is 1.15 bits per heavy atom. The summed E-state index contributed by atoms with van der Waals surface area (Å²) in [5.74, 6) is 2.10. The third kappa shape index (κ3) is 6.99. The number of furan rings is 1. The second-order valence-electron chi connectivity index (χ2n) is 11.1. The molecule has 2 heterocycles. The molecule has 0 radical (unpaired) electrons. The molecule has 0 unspecified atom stereocenters. The average molecular weight is 778 g/mol. The quantitative estimate of drug-likeness (QED) is 0.144. The molecular weight excluding hydrogens is 746 g/mol. The second-order valence-corrected chi connectivity index (χ2v) is 14.5. The van der Waals surface area contributed by atoms with Gasteiger partial charge in [0.05, 0.1) is 25.5 Å². The lowest BCUT2D eigenvalue weighted by molar-refractivity contribution is 0.0947. The molecule has 0 bridgehead atoms. The Morgan fingerprint density at radius 3 is 2.58 bits per heavy atom. The Kier molecular flexibility index (Phi) is 9.36. The van der Waals surface area contributed by atoms with Gasteiger partial charge in [0.25, 0.3) is 5.91 Å². The van der Waals surface area contributed by atoms with Gasteiger partial charge in [-0.25, -0.2) is 4.99 Å². The highest BCUT2D eigenvalue weighted by Gasteiger charge is 2.33. The molecule has 1 N–H and O–H groups in total. The van der Waals surface area contributed by atoms with E-state index in [2.05, 4.69) is 95.5 Å². The van der Waals surface area contributed by atoms with Gasteiger partial charge in [0, 0.05) is 11.1 Å². The number of hydrogen-bond donors (Lipinski definition) is 1. The molecule has 0 saturated carbocycles. The molecule has 5 rings (SSSR count). The Bertz CT molecular complexity index is 1480. The number of thiophene rings is 1. The maximum atomic E-state index is 13.5. The van der Waals surface area contributed by atoms with Crippen LogP contribution in [-0.2, 0) is 26.0 Å². The van der Waals surface area contributed by atoms with E-state index in [0.717, 1.165) is 59.6 Å². The lowest BCUT2D eigenvalue weighted by atomic mass is 9.72. The predicted octanol–water partition coefficient (Wildman–Crippen LogP) is 8.96. The third-order valence-corrected chi connectivity index (χ3v) is 10.0. The summed E-state index contributed by atoms with van der Waals surface area (Å²) in [6.07, 6.45) is 6.45. The van der Waals surface area contributed by atoms with Crippen LogP contribution in [0.2, 0.25) is 0 Å². The summed E-state index contributed by atoms with van der Waals surface area (Å²) in [5, 5.41) is 3.82. The molecule has 2 aromatic carbocycles. The molecule has 0 fully saturated rings. The fourth-order valence-electron chi connectivity index (χ4n) is 4.96. The minimum absolute atomic E-state index is 0.0934. The number of rotatable bonds is 8. The highest BCUT2D eigenvalue weighted by atomic mass is 127. The van der Waals surface area contributed by atoms with Crippen LogP contribution in [0.25, 0.3) is 0 Å². The van der Waals surface area contributed by atoms with Crippen LogP contribution < -0.4 is 10.1 Å². The minimum atomic E-state index is -0.0934. The van der Waals surface area contributed by atoms with Crippen LogP contribution in [0.15, 0.2) is 70.3 Å². The summed E-state index contributed by atoms with van der Waals surface area (Å²) in [7, 11) is 0. The summed E-state index contributed by atoms with van der Waals surface area (Å²) in [5.41, 5.74) is 4.20. The molecule has 1 aliphatic carbocycles. The molecule has 208 valence electrons. The van der Waals surface area contributed by atoms with Crippen LogP contribution in [0.5, 0.6) is 5.75 Å². The van der Waals surface area contributed by atoms with Crippen molar-refractivity contribution in [3.63, 3.8) is 0 Å². The number of ether oxygens (including phenoxy) is 1. The first-order valence-corrected chi connectivity index (χ1v) is 16.3. The van der Waals surface area contributed by atoms with Gasteiger partial charge < -0.3 is 14.5 Å². The van der Waals surface area contributed by atoms with Crippen molar-refractivity contribution in [1.29, 1.82) is 0 Å². The number of hydrogen-bond acceptors (Lipinski definition) is 5. The SMILES string of the molecule is CC(C)(C)[C@@H]1CCc2c(sc(N=Cc3cc(I)c(OCc4ccccc4)c(I)c3)c2C(=O)NCc2ccco2)C1. The maximum Gasteiger partial charge on any atom is 0.255 e. The topological polar surface area (TPSA) is 63.8 Å². The van der Waals surface area contributed by atoms with Crippen LogP contribution in [0.3, 0.4) is 0 Å². The molecule has 1 amide bonds. The van der Waals surface area contributed by atoms with E-state index in [9.17, 15) is 4.79 Å². The number of carbonyl (C=O) groups is 1. The molecule has 4 aromatic rings. The monoisotopic (exact) mass is 778 g/mol. The van der Waals surface area contributed by atoms with E-state index in [1.54, 1.807) is 17.6 Å². The number of nitrogens with one attached hydrogen (secondary N) is 1. The number of halogens is 2. The zero-order valence-electron chi connectivity index (χ0n) is 22.8. The summed E-state index contributed by atoms with van der Waals surface area (Å²) >= 11 is 6.30. The predicted molar refractivity (Wildman–Crippen MR) is 179 cm³/mol. The molecule has 0 aliphatic heterocycles. The summed E-state index contributed by atoms with van der Waals surface area (Å²) in [6.45, 7) is 7.80. The molecule has 1 atom stereocenters. The number of amides is 1. The normalized spacial score (nSPS) is 15.3. The van der Waals surface area contributed by atoms with Crippen molar-refractivity contribution >= 4 is 73.6 Å². The van der Waals surface area contributed by atoms with Crippen molar-refractivity contribution in [2.75, 3.05) is 0 Å². The number of aliphatic imine (C=N–C) groups is 1. The average Bonchev–Trinajstić information content (AvgIpc) is 3.57. The first-order chi connectivity index (χ1) is 19.2. The van der Waals surface area contributed by atoms with Crippen molar-refractivity contribution in [2.24, 2.45) is 16.3 Å². The molecule has 0 saturated heterocycles. The van der Waals surface area contributed by atoms with Crippen molar-refractivity contribution < 1.29 is 13.9 Å². The summed E-state index contributed by atoms with van der Waals surface area (Å²) in [6, 6.07) is 18.0. The van der Waals surface area contributed by atoms with Gasteiger partial charge >= 0.3 is 0 Å². The van der Waals surface area contributed by atoms with E-state index in [1.165, 1.54) is 4.88 Å². The highest BCUT2D eigenvalue weighted by Crippen LogP contribution is 2.45. The van der Waals surface area contributed by atoms with Gasteiger partial charge in [-0.2, -0.15) is 0 Å². The first kappa shape index (κ1) is 29.3. The Balaban J connectivity index is 1.40. The Hall–Kier alpha value is -2.18. The van der Waals surface area contributed by atoms with Gasteiger partial charge in [-0.05, 0) is 117 Å². The molecule has 5 nitrogen and oxygen atoms in total.